The van der Waals surface area contributed by atoms with Crippen LogP contribution in [0.4, 0.5) is 17.5 Å². The van der Waals surface area contributed by atoms with Gasteiger partial charge in [-0.3, -0.25) is 0 Å². The summed E-state index contributed by atoms with van der Waals surface area (Å²) in [7, 11) is 0. The zero-order chi connectivity index (χ0) is 16.4. The van der Waals surface area contributed by atoms with E-state index in [4.69, 9.17) is 4.98 Å². The molecular formula is C19H19BrN4. The number of nitrogens with one attached hydrogen (secondary N) is 1. The van der Waals surface area contributed by atoms with Gasteiger partial charge in [-0.05, 0) is 55.7 Å². The molecule has 0 atom stereocenters. The van der Waals surface area contributed by atoms with Crippen LogP contribution in [-0.4, -0.2) is 23.1 Å². The normalized spacial score (nSPS) is 14.8. The fourth-order valence-corrected chi connectivity index (χ4v) is 3.39. The first-order valence-corrected chi connectivity index (χ1v) is 9.13. The first kappa shape index (κ1) is 15.4. The zero-order valence-corrected chi connectivity index (χ0v) is 15.0. The molecule has 1 aromatic heterocycles. The van der Waals surface area contributed by atoms with Crippen molar-refractivity contribution < 1.29 is 0 Å². The number of nitrogens with zero attached hydrogens (tertiary/aromatic N) is 3. The number of hydrogen-bond donors (Lipinski definition) is 1. The van der Waals surface area contributed by atoms with Gasteiger partial charge in [0, 0.05) is 28.6 Å². The monoisotopic (exact) mass is 382 g/mol. The molecule has 0 saturated carbocycles. The number of anilines is 3. The summed E-state index contributed by atoms with van der Waals surface area (Å²) in [5.41, 5.74) is 1.96. The molecular weight excluding hydrogens is 364 g/mol. The topological polar surface area (TPSA) is 41.1 Å². The second kappa shape index (κ2) is 6.77. The van der Waals surface area contributed by atoms with E-state index in [1.165, 1.54) is 19.3 Å². The van der Waals surface area contributed by atoms with Gasteiger partial charge in [0.25, 0.3) is 0 Å². The maximum atomic E-state index is 4.83. The standard InChI is InChI=1S/C19H19BrN4/c20-14-8-10-15(11-9-14)21-19-22-17-7-3-2-6-16(17)18(23-19)24-12-4-1-5-13-24/h2-3,6-11H,1,4-5,12-13H2,(H,21,22,23). The number of hydrogen-bond acceptors (Lipinski definition) is 4. The molecule has 2 aromatic carbocycles. The SMILES string of the molecule is Brc1ccc(Nc2nc(N3CCCCC3)c3ccccc3n2)cc1. The highest BCUT2D eigenvalue weighted by Gasteiger charge is 2.17. The van der Waals surface area contributed by atoms with Crippen LogP contribution in [0.2, 0.25) is 0 Å². The van der Waals surface area contributed by atoms with Crippen LogP contribution < -0.4 is 10.2 Å². The molecule has 1 saturated heterocycles. The van der Waals surface area contributed by atoms with Crippen LogP contribution in [0, 0.1) is 0 Å². The minimum atomic E-state index is 0.650. The highest BCUT2D eigenvalue weighted by Crippen LogP contribution is 2.28. The largest absolute Gasteiger partial charge is 0.356 e. The number of rotatable bonds is 3. The Hall–Kier alpha value is -2.14. The fraction of sp³-hybridized carbons (Fsp3) is 0.263. The van der Waals surface area contributed by atoms with Crippen LogP contribution in [0.25, 0.3) is 10.9 Å². The van der Waals surface area contributed by atoms with Gasteiger partial charge in [0.1, 0.15) is 5.82 Å². The van der Waals surface area contributed by atoms with Crippen LogP contribution in [0.5, 0.6) is 0 Å². The van der Waals surface area contributed by atoms with E-state index in [0.717, 1.165) is 40.0 Å². The van der Waals surface area contributed by atoms with Crippen molar-refractivity contribution in [2.24, 2.45) is 0 Å². The Morgan fingerprint density at radius 1 is 0.875 bits per heavy atom. The molecule has 24 heavy (non-hydrogen) atoms. The van der Waals surface area contributed by atoms with Crippen molar-refractivity contribution in [3.63, 3.8) is 0 Å². The highest BCUT2D eigenvalue weighted by molar-refractivity contribution is 9.10. The minimum absolute atomic E-state index is 0.650. The quantitative estimate of drug-likeness (QED) is 0.681. The van der Waals surface area contributed by atoms with Gasteiger partial charge in [-0.2, -0.15) is 4.98 Å². The van der Waals surface area contributed by atoms with Gasteiger partial charge in [-0.25, -0.2) is 4.98 Å². The lowest BCUT2D eigenvalue weighted by molar-refractivity contribution is 0.575. The Morgan fingerprint density at radius 3 is 2.42 bits per heavy atom. The Morgan fingerprint density at radius 2 is 1.62 bits per heavy atom. The summed E-state index contributed by atoms with van der Waals surface area (Å²) < 4.78 is 1.06. The summed E-state index contributed by atoms with van der Waals surface area (Å²) in [5, 5.41) is 4.46. The van der Waals surface area contributed by atoms with Gasteiger partial charge < -0.3 is 10.2 Å². The fourth-order valence-electron chi connectivity index (χ4n) is 3.12. The van der Waals surface area contributed by atoms with Crippen molar-refractivity contribution in [2.45, 2.75) is 19.3 Å². The molecule has 0 bridgehead atoms. The van der Waals surface area contributed by atoms with Gasteiger partial charge in [-0.1, -0.05) is 28.1 Å². The van der Waals surface area contributed by atoms with E-state index in [1.54, 1.807) is 0 Å². The molecule has 5 heteroatoms. The van der Waals surface area contributed by atoms with E-state index < -0.39 is 0 Å². The molecule has 1 aliphatic rings. The van der Waals surface area contributed by atoms with E-state index in [0.29, 0.717) is 5.95 Å². The molecule has 1 aliphatic heterocycles. The average Bonchev–Trinajstić information content (AvgIpc) is 2.64. The molecule has 0 aliphatic carbocycles. The van der Waals surface area contributed by atoms with E-state index in [2.05, 4.69) is 49.3 Å². The van der Waals surface area contributed by atoms with Crippen molar-refractivity contribution >= 4 is 44.3 Å². The minimum Gasteiger partial charge on any atom is -0.356 e. The van der Waals surface area contributed by atoms with Gasteiger partial charge in [0.15, 0.2) is 0 Å². The smallest absolute Gasteiger partial charge is 0.229 e. The predicted octanol–water partition coefficient (Wildman–Crippen LogP) is 5.13. The molecule has 4 nitrogen and oxygen atoms in total. The Kier molecular flexibility index (Phi) is 4.34. The summed E-state index contributed by atoms with van der Waals surface area (Å²) in [6, 6.07) is 16.3. The summed E-state index contributed by atoms with van der Waals surface area (Å²) in [5.74, 6) is 1.69. The summed E-state index contributed by atoms with van der Waals surface area (Å²) in [4.78, 5) is 11.9. The molecule has 2 heterocycles. The van der Waals surface area contributed by atoms with Gasteiger partial charge >= 0.3 is 0 Å². The first-order chi connectivity index (χ1) is 11.8. The number of fused-ring (bicyclic) bond motifs is 1. The molecule has 0 unspecified atom stereocenters. The second-order valence-electron chi connectivity index (χ2n) is 6.07. The lowest BCUT2D eigenvalue weighted by Crippen LogP contribution is -2.30. The van der Waals surface area contributed by atoms with Crippen molar-refractivity contribution in [1.82, 2.24) is 9.97 Å². The molecule has 122 valence electrons. The van der Waals surface area contributed by atoms with E-state index >= 15 is 0 Å². The van der Waals surface area contributed by atoms with Crippen molar-refractivity contribution in [2.75, 3.05) is 23.3 Å². The van der Waals surface area contributed by atoms with E-state index in [9.17, 15) is 0 Å². The number of para-hydroxylation sites is 1. The van der Waals surface area contributed by atoms with Crippen LogP contribution in [0.3, 0.4) is 0 Å². The lowest BCUT2D eigenvalue weighted by atomic mass is 10.1. The van der Waals surface area contributed by atoms with Crippen molar-refractivity contribution in [3.05, 3.63) is 53.0 Å². The van der Waals surface area contributed by atoms with E-state index in [-0.39, 0.29) is 0 Å². The number of halogens is 1. The molecule has 0 spiro atoms. The van der Waals surface area contributed by atoms with Gasteiger partial charge in [-0.15, -0.1) is 0 Å². The second-order valence-corrected chi connectivity index (χ2v) is 6.98. The van der Waals surface area contributed by atoms with Crippen molar-refractivity contribution in [1.29, 1.82) is 0 Å². The Labute approximate surface area is 150 Å². The lowest BCUT2D eigenvalue weighted by Gasteiger charge is -2.28. The number of aromatic nitrogens is 2. The van der Waals surface area contributed by atoms with Gasteiger partial charge in [0.05, 0.1) is 5.52 Å². The van der Waals surface area contributed by atoms with Crippen molar-refractivity contribution in [3.8, 4) is 0 Å². The van der Waals surface area contributed by atoms with E-state index in [1.807, 2.05) is 30.3 Å². The highest BCUT2D eigenvalue weighted by atomic mass is 79.9. The molecule has 1 fully saturated rings. The summed E-state index contributed by atoms with van der Waals surface area (Å²) in [6.07, 6.45) is 3.77. The summed E-state index contributed by atoms with van der Waals surface area (Å²) in [6.45, 7) is 2.14. The average molecular weight is 383 g/mol. The maximum Gasteiger partial charge on any atom is 0.229 e. The molecule has 1 N–H and O–H groups in total. The first-order valence-electron chi connectivity index (χ1n) is 8.34. The van der Waals surface area contributed by atoms with Crippen LogP contribution >= 0.6 is 15.9 Å². The van der Waals surface area contributed by atoms with Gasteiger partial charge in [0.2, 0.25) is 5.95 Å². The molecule has 0 amide bonds. The third-order valence-electron chi connectivity index (χ3n) is 4.34. The number of benzene rings is 2. The maximum absolute atomic E-state index is 4.83. The molecule has 0 radical (unpaired) electrons. The third-order valence-corrected chi connectivity index (χ3v) is 4.87. The molecule has 3 aromatic rings. The van der Waals surface area contributed by atoms with Crippen LogP contribution in [0.15, 0.2) is 53.0 Å². The Balaban J connectivity index is 1.74. The zero-order valence-electron chi connectivity index (χ0n) is 13.4. The number of piperidine rings is 1. The van der Waals surface area contributed by atoms with Crippen LogP contribution in [-0.2, 0) is 0 Å². The predicted molar refractivity (Wildman–Crippen MR) is 103 cm³/mol. The van der Waals surface area contributed by atoms with Crippen LogP contribution in [0.1, 0.15) is 19.3 Å². The summed E-state index contributed by atoms with van der Waals surface area (Å²) >= 11 is 3.46. The third kappa shape index (κ3) is 3.22. The Bertz CT molecular complexity index is 842. The molecule has 4 rings (SSSR count).